The third-order valence-electron chi connectivity index (χ3n) is 5.05. The summed E-state index contributed by atoms with van der Waals surface area (Å²) < 4.78 is 30.8. The van der Waals surface area contributed by atoms with Gasteiger partial charge in [-0.05, 0) is 49.6 Å². The molecule has 1 heterocycles. The molecule has 0 saturated carbocycles. The maximum absolute atomic E-state index is 14.6. The maximum atomic E-state index is 14.6. The van der Waals surface area contributed by atoms with Crippen LogP contribution in [0.1, 0.15) is 18.4 Å². The number of carbonyl (C=O) groups excluding carboxylic acids is 1. The molecular formula is C21H25FN2O4. The Kier molecular flexibility index (Phi) is 6.16. The number of hydrogen-bond acceptors (Lipinski definition) is 5. The summed E-state index contributed by atoms with van der Waals surface area (Å²) in [5.41, 5.74) is 6.52. The number of hydrogen-bond donors (Lipinski definition) is 2. The standard InChI is InChI=1S/C21H25FN2O4/c1-14-3-5-18(19(11-14)26-2)28-17-6-4-15(12-16(17)22)24-20(25)21(13-23)7-9-27-10-8-21/h3-6,11-12H,7-10,13,23H2,1-2H3,(H,24,25). The van der Waals surface area contributed by atoms with Gasteiger partial charge >= 0.3 is 0 Å². The first-order valence-electron chi connectivity index (χ1n) is 9.19. The number of methoxy groups -OCH3 is 1. The van der Waals surface area contributed by atoms with Crippen molar-refractivity contribution in [2.24, 2.45) is 11.1 Å². The van der Waals surface area contributed by atoms with Gasteiger partial charge in [-0.1, -0.05) is 6.07 Å². The third kappa shape index (κ3) is 4.26. The van der Waals surface area contributed by atoms with Crippen LogP contribution in [0.3, 0.4) is 0 Å². The molecule has 0 spiro atoms. The van der Waals surface area contributed by atoms with Crippen molar-refractivity contribution in [1.29, 1.82) is 0 Å². The summed E-state index contributed by atoms with van der Waals surface area (Å²) in [5.74, 6) is 0.162. The van der Waals surface area contributed by atoms with Crippen LogP contribution in [0.2, 0.25) is 0 Å². The zero-order valence-corrected chi connectivity index (χ0v) is 16.1. The number of benzene rings is 2. The van der Waals surface area contributed by atoms with E-state index in [1.54, 1.807) is 12.1 Å². The quantitative estimate of drug-likeness (QED) is 0.790. The van der Waals surface area contributed by atoms with Gasteiger partial charge < -0.3 is 25.3 Å². The Bertz CT molecular complexity index is 850. The van der Waals surface area contributed by atoms with E-state index in [1.165, 1.54) is 19.2 Å². The first kappa shape index (κ1) is 20.1. The number of amides is 1. The maximum Gasteiger partial charge on any atom is 0.232 e. The molecule has 0 radical (unpaired) electrons. The fourth-order valence-corrected chi connectivity index (χ4v) is 3.19. The lowest BCUT2D eigenvalue weighted by Gasteiger charge is -2.34. The smallest absolute Gasteiger partial charge is 0.232 e. The van der Waals surface area contributed by atoms with Gasteiger partial charge in [-0.25, -0.2) is 4.39 Å². The number of nitrogens with one attached hydrogen (secondary N) is 1. The first-order chi connectivity index (χ1) is 13.5. The molecule has 28 heavy (non-hydrogen) atoms. The molecule has 0 bridgehead atoms. The van der Waals surface area contributed by atoms with Gasteiger partial charge in [0.05, 0.1) is 12.5 Å². The van der Waals surface area contributed by atoms with Crippen molar-refractivity contribution in [2.75, 3.05) is 32.2 Å². The van der Waals surface area contributed by atoms with E-state index in [4.69, 9.17) is 19.9 Å². The Morgan fingerprint density at radius 3 is 2.54 bits per heavy atom. The van der Waals surface area contributed by atoms with Crippen molar-refractivity contribution in [3.8, 4) is 17.2 Å². The predicted molar refractivity (Wildman–Crippen MR) is 104 cm³/mol. The molecule has 2 aromatic rings. The molecule has 1 fully saturated rings. The van der Waals surface area contributed by atoms with E-state index in [-0.39, 0.29) is 18.2 Å². The summed E-state index contributed by atoms with van der Waals surface area (Å²) in [6.45, 7) is 3.13. The molecule has 0 unspecified atom stereocenters. The highest BCUT2D eigenvalue weighted by atomic mass is 19.1. The molecule has 1 amide bonds. The number of nitrogens with two attached hydrogens (primary N) is 1. The van der Waals surface area contributed by atoms with Crippen LogP contribution in [0.5, 0.6) is 17.2 Å². The van der Waals surface area contributed by atoms with Crippen LogP contribution in [0.25, 0.3) is 0 Å². The lowest BCUT2D eigenvalue weighted by Crippen LogP contribution is -2.46. The van der Waals surface area contributed by atoms with Gasteiger partial charge in [-0.3, -0.25) is 4.79 Å². The van der Waals surface area contributed by atoms with E-state index in [9.17, 15) is 9.18 Å². The molecule has 2 aromatic carbocycles. The van der Waals surface area contributed by atoms with Gasteiger partial charge in [0.25, 0.3) is 0 Å². The van der Waals surface area contributed by atoms with Crippen LogP contribution in [0, 0.1) is 18.2 Å². The molecule has 7 heteroatoms. The average Bonchev–Trinajstić information content (AvgIpc) is 2.71. The van der Waals surface area contributed by atoms with Gasteiger partial charge in [0.15, 0.2) is 23.1 Å². The lowest BCUT2D eigenvalue weighted by atomic mass is 9.79. The third-order valence-corrected chi connectivity index (χ3v) is 5.05. The number of rotatable bonds is 6. The highest BCUT2D eigenvalue weighted by molar-refractivity contribution is 5.95. The molecule has 3 N–H and O–H groups in total. The summed E-state index contributed by atoms with van der Waals surface area (Å²) in [5, 5.41) is 2.77. The fraction of sp³-hybridized carbons (Fsp3) is 0.381. The lowest BCUT2D eigenvalue weighted by molar-refractivity contribution is -0.130. The van der Waals surface area contributed by atoms with E-state index < -0.39 is 11.2 Å². The number of aryl methyl sites for hydroxylation is 1. The molecule has 0 aromatic heterocycles. The molecule has 0 aliphatic carbocycles. The van der Waals surface area contributed by atoms with Crippen LogP contribution >= 0.6 is 0 Å². The minimum absolute atomic E-state index is 0.0414. The minimum atomic E-state index is -0.681. The molecule has 6 nitrogen and oxygen atoms in total. The monoisotopic (exact) mass is 388 g/mol. The Morgan fingerprint density at radius 2 is 1.89 bits per heavy atom. The zero-order valence-electron chi connectivity index (χ0n) is 16.1. The van der Waals surface area contributed by atoms with Gasteiger partial charge in [0, 0.05) is 31.5 Å². The van der Waals surface area contributed by atoms with E-state index in [0.717, 1.165) is 5.56 Å². The summed E-state index contributed by atoms with van der Waals surface area (Å²) in [4.78, 5) is 12.7. The van der Waals surface area contributed by atoms with E-state index in [0.29, 0.717) is 43.2 Å². The molecule has 1 saturated heterocycles. The van der Waals surface area contributed by atoms with Crippen molar-refractivity contribution in [3.63, 3.8) is 0 Å². The molecule has 3 rings (SSSR count). The van der Waals surface area contributed by atoms with Crippen LogP contribution < -0.4 is 20.5 Å². The van der Waals surface area contributed by atoms with Crippen molar-refractivity contribution in [1.82, 2.24) is 0 Å². The highest BCUT2D eigenvalue weighted by Gasteiger charge is 2.38. The highest BCUT2D eigenvalue weighted by Crippen LogP contribution is 2.35. The molecule has 150 valence electrons. The van der Waals surface area contributed by atoms with Gasteiger partial charge in [0.2, 0.25) is 5.91 Å². The fourth-order valence-electron chi connectivity index (χ4n) is 3.19. The van der Waals surface area contributed by atoms with E-state index >= 15 is 0 Å². The predicted octanol–water partition coefficient (Wildman–Crippen LogP) is 3.63. The molecule has 0 atom stereocenters. The average molecular weight is 388 g/mol. The summed E-state index contributed by atoms with van der Waals surface area (Å²) in [7, 11) is 1.53. The minimum Gasteiger partial charge on any atom is -0.493 e. The Hall–Kier alpha value is -2.64. The first-order valence-corrected chi connectivity index (χ1v) is 9.19. The SMILES string of the molecule is COc1cc(C)ccc1Oc1ccc(NC(=O)C2(CN)CCOCC2)cc1F. The molecular weight excluding hydrogens is 363 g/mol. The van der Waals surface area contributed by atoms with Gasteiger partial charge in [-0.2, -0.15) is 0 Å². The largest absolute Gasteiger partial charge is 0.493 e. The van der Waals surface area contributed by atoms with E-state index in [2.05, 4.69) is 5.32 Å². The Balaban J connectivity index is 1.74. The van der Waals surface area contributed by atoms with Crippen LogP contribution in [-0.2, 0) is 9.53 Å². The molecule has 1 aliphatic rings. The summed E-state index contributed by atoms with van der Waals surface area (Å²) >= 11 is 0. The summed E-state index contributed by atoms with van der Waals surface area (Å²) in [6.07, 6.45) is 1.10. The topological polar surface area (TPSA) is 82.8 Å². The van der Waals surface area contributed by atoms with Crippen molar-refractivity contribution in [2.45, 2.75) is 19.8 Å². The van der Waals surface area contributed by atoms with Crippen LogP contribution in [0.15, 0.2) is 36.4 Å². The Morgan fingerprint density at radius 1 is 1.18 bits per heavy atom. The van der Waals surface area contributed by atoms with E-state index in [1.807, 2.05) is 19.1 Å². The number of halogens is 1. The van der Waals surface area contributed by atoms with Crippen LogP contribution in [0.4, 0.5) is 10.1 Å². The zero-order chi connectivity index (χ0) is 20.1. The van der Waals surface area contributed by atoms with Crippen molar-refractivity contribution < 1.29 is 23.4 Å². The van der Waals surface area contributed by atoms with Crippen molar-refractivity contribution >= 4 is 11.6 Å². The second kappa shape index (κ2) is 8.58. The Labute approximate surface area is 163 Å². The normalized spacial score (nSPS) is 15.7. The second-order valence-corrected chi connectivity index (χ2v) is 6.95. The molecule has 1 aliphatic heterocycles. The second-order valence-electron chi connectivity index (χ2n) is 6.95. The summed E-state index contributed by atoms with van der Waals surface area (Å²) in [6, 6.07) is 9.69. The van der Waals surface area contributed by atoms with Crippen LogP contribution in [-0.4, -0.2) is 32.8 Å². The number of anilines is 1. The van der Waals surface area contributed by atoms with Crippen molar-refractivity contribution in [3.05, 3.63) is 47.8 Å². The number of ether oxygens (including phenoxy) is 3. The number of carbonyl (C=O) groups is 1. The van der Waals surface area contributed by atoms with Gasteiger partial charge in [-0.15, -0.1) is 0 Å². The van der Waals surface area contributed by atoms with Gasteiger partial charge in [0.1, 0.15) is 0 Å².